The number of rotatable bonds is 1. The first kappa shape index (κ1) is 6.86. The molecule has 0 aromatic carbocycles. The minimum absolute atomic E-state index is 0.167. The van der Waals surface area contributed by atoms with Gasteiger partial charge in [0.2, 0.25) is 5.95 Å². The van der Waals surface area contributed by atoms with Gasteiger partial charge in [-0.25, -0.2) is 4.98 Å². The molecule has 0 N–H and O–H groups in total. The van der Waals surface area contributed by atoms with Crippen molar-refractivity contribution in [1.29, 1.82) is 0 Å². The first-order valence-corrected chi connectivity index (χ1v) is 2.82. The minimum Gasteiger partial charge on any atom is -0.296 e. The van der Waals surface area contributed by atoms with Gasteiger partial charge in [0.05, 0.1) is 0 Å². The van der Waals surface area contributed by atoms with Gasteiger partial charge >= 0.3 is 0 Å². The van der Waals surface area contributed by atoms with Crippen molar-refractivity contribution in [3.63, 3.8) is 0 Å². The number of pyridine rings is 1. The normalized spacial score (nSPS) is 9.40. The zero-order chi connectivity index (χ0) is 7.56. The van der Waals surface area contributed by atoms with Gasteiger partial charge in [-0.2, -0.15) is 4.39 Å². The first-order chi connectivity index (χ1) is 4.74. The number of aryl methyl sites for hydroxylation is 1. The van der Waals surface area contributed by atoms with Crippen LogP contribution in [0.25, 0.3) is 0 Å². The van der Waals surface area contributed by atoms with Crippen LogP contribution < -0.4 is 0 Å². The molecule has 0 amide bonds. The van der Waals surface area contributed by atoms with Crippen LogP contribution in [-0.4, -0.2) is 11.3 Å². The van der Waals surface area contributed by atoms with Crippen LogP contribution in [0.3, 0.4) is 0 Å². The van der Waals surface area contributed by atoms with Crippen LogP contribution in [0.2, 0.25) is 0 Å². The van der Waals surface area contributed by atoms with Crippen molar-refractivity contribution in [1.82, 2.24) is 4.98 Å². The molecule has 2 nitrogen and oxygen atoms in total. The molecule has 0 bridgehead atoms. The van der Waals surface area contributed by atoms with Crippen molar-refractivity contribution in [3.8, 4) is 0 Å². The number of aldehydes is 1. The molecule has 0 saturated heterocycles. The van der Waals surface area contributed by atoms with Crippen molar-refractivity contribution < 1.29 is 9.18 Å². The highest BCUT2D eigenvalue weighted by atomic mass is 19.1. The van der Waals surface area contributed by atoms with E-state index in [1.807, 2.05) is 0 Å². The summed E-state index contributed by atoms with van der Waals surface area (Å²) >= 11 is 0. The van der Waals surface area contributed by atoms with Crippen LogP contribution >= 0.6 is 0 Å². The van der Waals surface area contributed by atoms with Crippen LogP contribution in [0.15, 0.2) is 12.1 Å². The van der Waals surface area contributed by atoms with Crippen molar-refractivity contribution in [2.75, 3.05) is 0 Å². The van der Waals surface area contributed by atoms with Crippen LogP contribution in [0.5, 0.6) is 0 Å². The molecule has 1 aromatic heterocycles. The van der Waals surface area contributed by atoms with Gasteiger partial charge in [-0.15, -0.1) is 0 Å². The molecule has 0 fully saturated rings. The van der Waals surface area contributed by atoms with Crippen molar-refractivity contribution in [3.05, 3.63) is 29.3 Å². The molecule has 0 aliphatic heterocycles. The maximum Gasteiger partial charge on any atom is 0.213 e. The van der Waals surface area contributed by atoms with E-state index in [-0.39, 0.29) is 5.69 Å². The van der Waals surface area contributed by atoms with Crippen LogP contribution in [-0.2, 0) is 0 Å². The lowest BCUT2D eigenvalue weighted by Gasteiger charge is -1.94. The Morgan fingerprint density at radius 1 is 1.60 bits per heavy atom. The third-order valence-corrected chi connectivity index (χ3v) is 1.21. The van der Waals surface area contributed by atoms with Gasteiger partial charge in [0, 0.05) is 0 Å². The zero-order valence-corrected chi connectivity index (χ0v) is 5.47. The smallest absolute Gasteiger partial charge is 0.213 e. The quantitative estimate of drug-likeness (QED) is 0.434. The van der Waals surface area contributed by atoms with Crippen LogP contribution in [0.1, 0.15) is 16.1 Å². The molecular formula is C7H6FNO. The van der Waals surface area contributed by atoms with Crippen LogP contribution in [0, 0.1) is 12.9 Å². The maximum atomic E-state index is 12.3. The molecule has 3 heteroatoms. The van der Waals surface area contributed by atoms with Crippen molar-refractivity contribution in [2.24, 2.45) is 0 Å². The van der Waals surface area contributed by atoms with E-state index in [0.29, 0.717) is 11.8 Å². The average molecular weight is 139 g/mol. The predicted molar refractivity (Wildman–Crippen MR) is 34.3 cm³/mol. The Bertz CT molecular complexity index is 260. The summed E-state index contributed by atoms with van der Waals surface area (Å²) in [7, 11) is 0. The van der Waals surface area contributed by atoms with E-state index in [1.165, 1.54) is 12.1 Å². The molecule has 0 aliphatic rings. The lowest BCUT2D eigenvalue weighted by molar-refractivity contribution is 0.111. The Morgan fingerprint density at radius 2 is 2.30 bits per heavy atom. The van der Waals surface area contributed by atoms with Gasteiger partial charge in [-0.3, -0.25) is 4.79 Å². The Kier molecular flexibility index (Phi) is 1.76. The number of nitrogens with zero attached hydrogens (tertiary/aromatic N) is 1. The molecule has 0 atom stereocenters. The molecule has 0 aliphatic carbocycles. The largest absolute Gasteiger partial charge is 0.296 e. The summed E-state index contributed by atoms with van der Waals surface area (Å²) < 4.78 is 12.3. The fourth-order valence-corrected chi connectivity index (χ4v) is 0.639. The molecule has 1 heterocycles. The number of halogens is 1. The standard InChI is InChI=1S/C7H6FNO/c1-5-2-3-7(8)9-6(5)4-10/h2-4H,1H3. The third kappa shape index (κ3) is 1.18. The van der Waals surface area contributed by atoms with Gasteiger partial charge < -0.3 is 0 Å². The number of carbonyl (C=O) groups excluding carboxylic acids is 1. The second kappa shape index (κ2) is 2.56. The molecule has 52 valence electrons. The highest BCUT2D eigenvalue weighted by Crippen LogP contribution is 2.01. The van der Waals surface area contributed by atoms with Gasteiger partial charge in [0.25, 0.3) is 0 Å². The Labute approximate surface area is 57.7 Å². The molecule has 1 aromatic rings. The summed E-state index contributed by atoms with van der Waals surface area (Å²) in [6, 6.07) is 2.74. The molecule has 0 spiro atoms. The highest BCUT2D eigenvalue weighted by Gasteiger charge is 1.98. The zero-order valence-electron chi connectivity index (χ0n) is 5.47. The summed E-state index contributed by atoms with van der Waals surface area (Å²) in [6.45, 7) is 1.70. The van der Waals surface area contributed by atoms with E-state index in [1.54, 1.807) is 6.92 Å². The molecule has 1 rings (SSSR count). The molecule has 10 heavy (non-hydrogen) atoms. The molecule has 0 unspecified atom stereocenters. The fourth-order valence-electron chi connectivity index (χ4n) is 0.639. The number of hydrogen-bond acceptors (Lipinski definition) is 2. The molecule has 0 radical (unpaired) electrons. The first-order valence-electron chi connectivity index (χ1n) is 2.82. The van der Waals surface area contributed by atoms with E-state index in [2.05, 4.69) is 4.98 Å². The maximum absolute atomic E-state index is 12.3. The summed E-state index contributed by atoms with van der Waals surface area (Å²) in [6.07, 6.45) is 0.540. The lowest BCUT2D eigenvalue weighted by Crippen LogP contribution is -1.93. The monoisotopic (exact) mass is 139 g/mol. The SMILES string of the molecule is Cc1ccc(F)nc1C=O. The van der Waals surface area contributed by atoms with Gasteiger partial charge in [0.15, 0.2) is 6.29 Å². The highest BCUT2D eigenvalue weighted by molar-refractivity contribution is 5.73. The topological polar surface area (TPSA) is 30.0 Å². The summed E-state index contributed by atoms with van der Waals surface area (Å²) in [4.78, 5) is 13.5. The third-order valence-electron chi connectivity index (χ3n) is 1.21. The predicted octanol–water partition coefficient (Wildman–Crippen LogP) is 1.34. The van der Waals surface area contributed by atoms with Gasteiger partial charge in [-0.05, 0) is 18.6 Å². The molecular weight excluding hydrogens is 133 g/mol. The van der Waals surface area contributed by atoms with Crippen LogP contribution in [0.4, 0.5) is 4.39 Å². The van der Waals surface area contributed by atoms with Gasteiger partial charge in [0.1, 0.15) is 5.69 Å². The fraction of sp³-hybridized carbons (Fsp3) is 0.143. The number of carbonyl (C=O) groups is 1. The summed E-state index contributed by atoms with van der Waals surface area (Å²) in [5.74, 6) is -0.618. The average Bonchev–Trinajstić information content (AvgIpc) is 1.94. The van der Waals surface area contributed by atoms with Crippen molar-refractivity contribution >= 4 is 6.29 Å². The van der Waals surface area contributed by atoms with E-state index in [4.69, 9.17) is 0 Å². The second-order valence-corrected chi connectivity index (χ2v) is 1.95. The minimum atomic E-state index is -0.618. The molecule has 0 saturated carbocycles. The van der Waals surface area contributed by atoms with E-state index >= 15 is 0 Å². The number of aromatic nitrogens is 1. The lowest BCUT2D eigenvalue weighted by atomic mass is 10.2. The van der Waals surface area contributed by atoms with E-state index in [9.17, 15) is 9.18 Å². The Hall–Kier alpha value is -1.25. The Balaban J connectivity index is 3.21. The summed E-state index contributed by atoms with van der Waals surface area (Å²) in [5.41, 5.74) is 0.858. The van der Waals surface area contributed by atoms with E-state index in [0.717, 1.165) is 0 Å². The second-order valence-electron chi connectivity index (χ2n) is 1.95. The van der Waals surface area contributed by atoms with Crippen molar-refractivity contribution in [2.45, 2.75) is 6.92 Å². The number of hydrogen-bond donors (Lipinski definition) is 0. The van der Waals surface area contributed by atoms with E-state index < -0.39 is 5.95 Å². The Morgan fingerprint density at radius 3 is 2.80 bits per heavy atom. The summed E-state index contributed by atoms with van der Waals surface area (Å²) in [5, 5.41) is 0. The van der Waals surface area contributed by atoms with Gasteiger partial charge in [-0.1, -0.05) is 6.07 Å².